The molecule has 4 nitrogen and oxygen atoms in total. The SMILES string of the molecule is OCc1ccncc1N1CCC(N2CCCCC2)CC1. The molecule has 2 saturated heterocycles. The van der Waals surface area contributed by atoms with E-state index in [0.717, 1.165) is 30.4 Å². The minimum atomic E-state index is 0.101. The van der Waals surface area contributed by atoms with Gasteiger partial charge in [0.05, 0.1) is 18.5 Å². The van der Waals surface area contributed by atoms with Gasteiger partial charge in [-0.25, -0.2) is 0 Å². The van der Waals surface area contributed by atoms with Crippen LogP contribution in [-0.2, 0) is 6.61 Å². The number of likely N-dealkylation sites (tertiary alicyclic amines) is 1. The van der Waals surface area contributed by atoms with Gasteiger partial charge in [0, 0.05) is 30.9 Å². The number of hydrogen-bond donors (Lipinski definition) is 1. The molecule has 110 valence electrons. The molecular weight excluding hydrogens is 250 g/mol. The molecule has 0 atom stereocenters. The summed E-state index contributed by atoms with van der Waals surface area (Å²) in [5.41, 5.74) is 2.11. The van der Waals surface area contributed by atoms with Crippen molar-refractivity contribution >= 4 is 5.69 Å². The van der Waals surface area contributed by atoms with Crippen molar-refractivity contribution in [3.63, 3.8) is 0 Å². The highest BCUT2D eigenvalue weighted by Crippen LogP contribution is 2.26. The van der Waals surface area contributed by atoms with Crippen molar-refractivity contribution in [2.45, 2.75) is 44.8 Å². The number of anilines is 1. The van der Waals surface area contributed by atoms with E-state index in [1.807, 2.05) is 12.3 Å². The van der Waals surface area contributed by atoms with Crippen molar-refractivity contribution in [2.75, 3.05) is 31.1 Å². The summed E-state index contributed by atoms with van der Waals surface area (Å²) in [4.78, 5) is 9.29. The number of aliphatic hydroxyl groups excluding tert-OH is 1. The molecule has 0 unspecified atom stereocenters. The minimum absolute atomic E-state index is 0.101. The number of pyridine rings is 1. The maximum absolute atomic E-state index is 9.44. The van der Waals surface area contributed by atoms with E-state index in [9.17, 15) is 5.11 Å². The Hall–Kier alpha value is -1.13. The maximum atomic E-state index is 9.44. The van der Waals surface area contributed by atoms with E-state index in [1.54, 1.807) is 6.20 Å². The standard InChI is InChI=1S/C16H25N3O/c20-13-14-4-7-17-12-16(14)19-10-5-15(6-11-19)18-8-2-1-3-9-18/h4,7,12,15,20H,1-3,5-6,8-11,13H2. The van der Waals surface area contributed by atoms with Gasteiger partial charge in [-0.15, -0.1) is 0 Å². The van der Waals surface area contributed by atoms with Gasteiger partial charge in [0.15, 0.2) is 0 Å². The Balaban J connectivity index is 1.60. The van der Waals surface area contributed by atoms with Crippen molar-refractivity contribution in [1.82, 2.24) is 9.88 Å². The summed E-state index contributed by atoms with van der Waals surface area (Å²) < 4.78 is 0. The highest BCUT2D eigenvalue weighted by molar-refractivity contribution is 5.51. The molecule has 0 spiro atoms. The number of nitrogens with zero attached hydrogens (tertiary/aromatic N) is 3. The second-order valence-corrected chi connectivity index (χ2v) is 5.98. The fraction of sp³-hybridized carbons (Fsp3) is 0.688. The summed E-state index contributed by atoms with van der Waals surface area (Å²) in [6.45, 7) is 4.85. The van der Waals surface area contributed by atoms with Crippen molar-refractivity contribution in [2.24, 2.45) is 0 Å². The van der Waals surface area contributed by atoms with E-state index in [-0.39, 0.29) is 6.61 Å². The summed E-state index contributed by atoms with van der Waals surface area (Å²) in [6, 6.07) is 2.69. The molecular formula is C16H25N3O. The number of hydrogen-bond acceptors (Lipinski definition) is 4. The van der Waals surface area contributed by atoms with Gasteiger partial charge in [0.25, 0.3) is 0 Å². The first-order valence-electron chi connectivity index (χ1n) is 7.91. The average Bonchev–Trinajstić information content (AvgIpc) is 2.56. The third-order valence-corrected chi connectivity index (χ3v) is 4.77. The van der Waals surface area contributed by atoms with Gasteiger partial charge in [-0.05, 0) is 44.8 Å². The molecule has 0 aliphatic carbocycles. The van der Waals surface area contributed by atoms with Crippen LogP contribution in [0.3, 0.4) is 0 Å². The zero-order valence-corrected chi connectivity index (χ0v) is 12.2. The molecule has 2 fully saturated rings. The Kier molecular flexibility index (Phi) is 4.53. The number of aliphatic hydroxyl groups is 1. The summed E-state index contributed by atoms with van der Waals surface area (Å²) in [5, 5.41) is 9.44. The number of rotatable bonds is 3. The first-order chi connectivity index (χ1) is 9.88. The molecule has 1 N–H and O–H groups in total. The van der Waals surface area contributed by atoms with Crippen LogP contribution >= 0.6 is 0 Å². The zero-order valence-electron chi connectivity index (χ0n) is 12.2. The van der Waals surface area contributed by atoms with E-state index in [2.05, 4.69) is 14.8 Å². The lowest BCUT2D eigenvalue weighted by atomic mass is 9.99. The van der Waals surface area contributed by atoms with Crippen LogP contribution in [0.5, 0.6) is 0 Å². The minimum Gasteiger partial charge on any atom is -0.392 e. The lowest BCUT2D eigenvalue weighted by Gasteiger charge is -2.41. The van der Waals surface area contributed by atoms with E-state index >= 15 is 0 Å². The second-order valence-electron chi connectivity index (χ2n) is 5.98. The molecule has 0 aromatic carbocycles. The topological polar surface area (TPSA) is 39.6 Å². The van der Waals surface area contributed by atoms with Gasteiger partial charge in [0.1, 0.15) is 0 Å². The Morgan fingerprint density at radius 2 is 1.85 bits per heavy atom. The fourth-order valence-electron chi connectivity index (χ4n) is 3.59. The van der Waals surface area contributed by atoms with Gasteiger partial charge in [0.2, 0.25) is 0 Å². The highest BCUT2D eigenvalue weighted by atomic mass is 16.3. The van der Waals surface area contributed by atoms with Crippen molar-refractivity contribution in [3.8, 4) is 0 Å². The Morgan fingerprint density at radius 1 is 1.10 bits per heavy atom. The first kappa shape index (κ1) is 13.8. The lowest BCUT2D eigenvalue weighted by Crippen LogP contribution is -2.47. The molecule has 0 radical (unpaired) electrons. The smallest absolute Gasteiger partial charge is 0.0703 e. The van der Waals surface area contributed by atoms with Crippen LogP contribution in [0.25, 0.3) is 0 Å². The fourth-order valence-corrected chi connectivity index (χ4v) is 3.59. The van der Waals surface area contributed by atoms with Gasteiger partial charge < -0.3 is 14.9 Å². The predicted octanol–water partition coefficient (Wildman–Crippen LogP) is 2.03. The highest BCUT2D eigenvalue weighted by Gasteiger charge is 2.26. The largest absolute Gasteiger partial charge is 0.392 e. The monoisotopic (exact) mass is 275 g/mol. The van der Waals surface area contributed by atoms with E-state index in [1.165, 1.54) is 45.2 Å². The quantitative estimate of drug-likeness (QED) is 0.916. The van der Waals surface area contributed by atoms with Crippen molar-refractivity contribution in [3.05, 3.63) is 24.0 Å². The van der Waals surface area contributed by atoms with Crippen LogP contribution in [-0.4, -0.2) is 47.2 Å². The first-order valence-corrected chi connectivity index (χ1v) is 7.91. The summed E-state index contributed by atoms with van der Waals surface area (Å²) in [5.74, 6) is 0. The molecule has 2 aliphatic rings. The number of piperidine rings is 2. The summed E-state index contributed by atoms with van der Waals surface area (Å²) >= 11 is 0. The van der Waals surface area contributed by atoms with Crippen LogP contribution in [0.2, 0.25) is 0 Å². The van der Waals surface area contributed by atoms with Crippen molar-refractivity contribution in [1.29, 1.82) is 0 Å². The van der Waals surface area contributed by atoms with Crippen LogP contribution in [0.4, 0.5) is 5.69 Å². The molecule has 4 heteroatoms. The molecule has 2 aliphatic heterocycles. The van der Waals surface area contributed by atoms with Gasteiger partial charge in [-0.1, -0.05) is 6.42 Å². The Labute approximate surface area is 121 Å². The van der Waals surface area contributed by atoms with Gasteiger partial charge >= 0.3 is 0 Å². The summed E-state index contributed by atoms with van der Waals surface area (Å²) in [6.07, 6.45) is 10.3. The van der Waals surface area contributed by atoms with Crippen molar-refractivity contribution < 1.29 is 5.11 Å². The molecule has 1 aromatic rings. The zero-order chi connectivity index (χ0) is 13.8. The third kappa shape index (κ3) is 2.96. The molecule has 3 rings (SSSR count). The van der Waals surface area contributed by atoms with Crippen LogP contribution in [0.1, 0.15) is 37.7 Å². The Morgan fingerprint density at radius 3 is 2.55 bits per heavy atom. The number of aromatic nitrogens is 1. The second kappa shape index (κ2) is 6.55. The Bertz CT molecular complexity index is 423. The van der Waals surface area contributed by atoms with Crippen LogP contribution in [0.15, 0.2) is 18.5 Å². The molecule has 0 amide bonds. The predicted molar refractivity (Wildman–Crippen MR) is 80.8 cm³/mol. The summed E-state index contributed by atoms with van der Waals surface area (Å²) in [7, 11) is 0. The third-order valence-electron chi connectivity index (χ3n) is 4.77. The lowest BCUT2D eigenvalue weighted by molar-refractivity contribution is 0.141. The molecule has 0 bridgehead atoms. The molecule has 0 saturated carbocycles. The van der Waals surface area contributed by atoms with E-state index < -0.39 is 0 Å². The van der Waals surface area contributed by atoms with E-state index in [4.69, 9.17) is 0 Å². The molecule has 1 aromatic heterocycles. The average molecular weight is 275 g/mol. The molecule has 20 heavy (non-hydrogen) atoms. The molecule has 3 heterocycles. The van der Waals surface area contributed by atoms with Crippen LogP contribution in [0, 0.1) is 0 Å². The van der Waals surface area contributed by atoms with Gasteiger partial charge in [-0.3, -0.25) is 4.98 Å². The van der Waals surface area contributed by atoms with E-state index in [0.29, 0.717) is 0 Å². The van der Waals surface area contributed by atoms with Crippen LogP contribution < -0.4 is 4.90 Å². The normalized spacial score (nSPS) is 22.1. The van der Waals surface area contributed by atoms with Gasteiger partial charge in [-0.2, -0.15) is 0 Å². The maximum Gasteiger partial charge on any atom is 0.0703 e.